The van der Waals surface area contributed by atoms with Crippen molar-refractivity contribution in [1.29, 1.82) is 0 Å². The standard InChI is InChI=1S/C18H26N4O2S/c1-13(2)25-11-10-22-16(23)18(21-17(22)24,14-5-8-19-9-6-14)15-4-3-7-20-12-15/h3-4,7,12-14,19H,5-6,8-11H2,1-2H3,(H,21,24)/t18-/m0/s1. The summed E-state index contributed by atoms with van der Waals surface area (Å²) in [5, 5.41) is 6.87. The Hall–Kier alpha value is -1.60. The van der Waals surface area contributed by atoms with E-state index >= 15 is 0 Å². The lowest BCUT2D eigenvalue weighted by atomic mass is 9.74. The highest BCUT2D eigenvalue weighted by Gasteiger charge is 2.56. The molecule has 0 aromatic carbocycles. The molecule has 136 valence electrons. The molecule has 0 bridgehead atoms. The molecule has 1 atom stereocenters. The fourth-order valence-corrected chi connectivity index (χ4v) is 4.50. The second-order valence-corrected chi connectivity index (χ2v) is 8.56. The molecular weight excluding hydrogens is 336 g/mol. The number of hydrogen-bond acceptors (Lipinski definition) is 5. The summed E-state index contributed by atoms with van der Waals surface area (Å²) >= 11 is 1.76. The summed E-state index contributed by atoms with van der Waals surface area (Å²) in [5.41, 5.74) is -0.185. The lowest BCUT2D eigenvalue weighted by molar-refractivity contribution is -0.134. The van der Waals surface area contributed by atoms with Gasteiger partial charge in [0, 0.05) is 30.3 Å². The van der Waals surface area contributed by atoms with E-state index in [9.17, 15) is 9.59 Å². The average Bonchev–Trinajstić information content (AvgIpc) is 2.88. The Balaban J connectivity index is 1.90. The Bertz CT molecular complexity index is 619. The number of amides is 3. The van der Waals surface area contributed by atoms with Gasteiger partial charge in [0.25, 0.3) is 5.91 Å². The first-order valence-corrected chi connectivity index (χ1v) is 9.97. The number of pyridine rings is 1. The van der Waals surface area contributed by atoms with Crippen LogP contribution in [0.4, 0.5) is 4.79 Å². The largest absolute Gasteiger partial charge is 0.325 e. The van der Waals surface area contributed by atoms with Crippen LogP contribution in [0.5, 0.6) is 0 Å². The molecule has 3 heterocycles. The molecule has 2 saturated heterocycles. The van der Waals surface area contributed by atoms with Gasteiger partial charge in [0.15, 0.2) is 5.54 Å². The summed E-state index contributed by atoms with van der Waals surface area (Å²) in [7, 11) is 0. The summed E-state index contributed by atoms with van der Waals surface area (Å²) in [4.78, 5) is 31.6. The molecule has 2 aliphatic rings. The van der Waals surface area contributed by atoms with Crippen LogP contribution >= 0.6 is 11.8 Å². The first-order chi connectivity index (χ1) is 12.1. The summed E-state index contributed by atoms with van der Waals surface area (Å²) in [6.45, 7) is 6.40. The molecule has 3 rings (SSSR count). The Morgan fingerprint density at radius 3 is 2.76 bits per heavy atom. The average molecular weight is 362 g/mol. The van der Waals surface area contributed by atoms with Gasteiger partial charge < -0.3 is 10.6 Å². The third kappa shape index (κ3) is 3.53. The van der Waals surface area contributed by atoms with Gasteiger partial charge >= 0.3 is 6.03 Å². The number of hydrogen-bond donors (Lipinski definition) is 2. The van der Waals surface area contributed by atoms with Gasteiger partial charge in [-0.1, -0.05) is 19.9 Å². The fourth-order valence-electron chi connectivity index (χ4n) is 3.74. The van der Waals surface area contributed by atoms with E-state index in [1.165, 1.54) is 4.90 Å². The minimum Gasteiger partial charge on any atom is -0.319 e. The number of rotatable bonds is 6. The van der Waals surface area contributed by atoms with Gasteiger partial charge in [0.2, 0.25) is 0 Å². The van der Waals surface area contributed by atoms with E-state index in [-0.39, 0.29) is 17.9 Å². The highest BCUT2D eigenvalue weighted by molar-refractivity contribution is 7.99. The molecule has 7 heteroatoms. The van der Waals surface area contributed by atoms with Crippen molar-refractivity contribution in [2.45, 2.75) is 37.5 Å². The van der Waals surface area contributed by atoms with E-state index in [2.05, 4.69) is 29.5 Å². The van der Waals surface area contributed by atoms with E-state index in [0.717, 1.165) is 37.2 Å². The Labute approximate surface area is 153 Å². The number of urea groups is 1. The van der Waals surface area contributed by atoms with Gasteiger partial charge in [0.05, 0.1) is 0 Å². The number of thioether (sulfide) groups is 1. The molecule has 2 fully saturated rings. The molecule has 25 heavy (non-hydrogen) atoms. The van der Waals surface area contributed by atoms with Crippen molar-refractivity contribution in [1.82, 2.24) is 20.5 Å². The fraction of sp³-hybridized carbons (Fsp3) is 0.611. The second kappa shape index (κ2) is 7.74. The first kappa shape index (κ1) is 18.2. The number of nitrogens with one attached hydrogen (secondary N) is 2. The third-order valence-corrected chi connectivity index (χ3v) is 6.05. The van der Waals surface area contributed by atoms with Gasteiger partial charge in [0.1, 0.15) is 0 Å². The molecule has 1 aromatic rings. The maximum Gasteiger partial charge on any atom is 0.325 e. The molecule has 1 aromatic heterocycles. The van der Waals surface area contributed by atoms with Crippen LogP contribution in [0, 0.1) is 5.92 Å². The lowest BCUT2D eigenvalue weighted by Crippen LogP contribution is -2.53. The summed E-state index contributed by atoms with van der Waals surface area (Å²) in [6, 6.07) is 3.45. The number of carbonyl (C=O) groups is 2. The SMILES string of the molecule is CC(C)SCCN1C(=O)N[C@](c2cccnc2)(C2CCNCC2)C1=O. The second-order valence-electron chi connectivity index (χ2n) is 6.88. The van der Waals surface area contributed by atoms with Crippen molar-refractivity contribution in [2.75, 3.05) is 25.4 Å². The molecule has 2 N–H and O–H groups in total. The van der Waals surface area contributed by atoms with Crippen molar-refractivity contribution >= 4 is 23.7 Å². The highest BCUT2D eigenvalue weighted by Crippen LogP contribution is 2.40. The van der Waals surface area contributed by atoms with E-state index in [4.69, 9.17) is 0 Å². The molecular formula is C18H26N4O2S. The topological polar surface area (TPSA) is 74.3 Å². The Morgan fingerprint density at radius 1 is 1.36 bits per heavy atom. The predicted octanol–water partition coefficient (Wildman–Crippen LogP) is 1.97. The van der Waals surface area contributed by atoms with Gasteiger partial charge in [-0.3, -0.25) is 14.7 Å². The van der Waals surface area contributed by atoms with Crippen LogP contribution in [-0.2, 0) is 10.3 Å². The molecule has 0 spiro atoms. The van der Waals surface area contributed by atoms with Crippen molar-refractivity contribution in [3.05, 3.63) is 30.1 Å². The van der Waals surface area contributed by atoms with Crippen molar-refractivity contribution in [3.8, 4) is 0 Å². The van der Waals surface area contributed by atoms with E-state index in [0.29, 0.717) is 11.8 Å². The van der Waals surface area contributed by atoms with Gasteiger partial charge in [-0.2, -0.15) is 11.8 Å². The smallest absolute Gasteiger partial charge is 0.319 e. The van der Waals surface area contributed by atoms with Crippen LogP contribution in [0.25, 0.3) is 0 Å². The summed E-state index contributed by atoms with van der Waals surface area (Å²) in [5.74, 6) is 0.713. The van der Waals surface area contributed by atoms with Gasteiger partial charge in [-0.25, -0.2) is 4.79 Å². The molecule has 3 amide bonds. The lowest BCUT2D eigenvalue weighted by Gasteiger charge is -2.37. The normalized spacial score (nSPS) is 24.8. The zero-order chi connectivity index (χ0) is 17.9. The molecule has 0 saturated carbocycles. The number of imide groups is 1. The van der Waals surface area contributed by atoms with Crippen LogP contribution in [0.1, 0.15) is 32.3 Å². The zero-order valence-electron chi connectivity index (χ0n) is 14.8. The van der Waals surface area contributed by atoms with Crippen LogP contribution in [-0.4, -0.2) is 52.5 Å². The zero-order valence-corrected chi connectivity index (χ0v) is 15.6. The highest BCUT2D eigenvalue weighted by atomic mass is 32.2. The molecule has 6 nitrogen and oxygen atoms in total. The maximum absolute atomic E-state index is 13.4. The van der Waals surface area contributed by atoms with E-state index in [1.54, 1.807) is 24.2 Å². The number of nitrogens with zero attached hydrogens (tertiary/aromatic N) is 2. The number of carbonyl (C=O) groups excluding carboxylic acids is 2. The Morgan fingerprint density at radius 2 is 2.12 bits per heavy atom. The van der Waals surface area contributed by atoms with Crippen molar-refractivity contribution in [2.24, 2.45) is 5.92 Å². The van der Waals surface area contributed by atoms with Crippen LogP contribution in [0.3, 0.4) is 0 Å². The molecule has 0 radical (unpaired) electrons. The third-order valence-electron chi connectivity index (χ3n) is 4.97. The predicted molar refractivity (Wildman–Crippen MR) is 99.3 cm³/mol. The summed E-state index contributed by atoms with van der Waals surface area (Å²) < 4.78 is 0. The molecule has 0 aliphatic carbocycles. The van der Waals surface area contributed by atoms with E-state index in [1.807, 2.05) is 12.1 Å². The van der Waals surface area contributed by atoms with E-state index < -0.39 is 5.54 Å². The van der Waals surface area contributed by atoms with Crippen LogP contribution in [0.2, 0.25) is 0 Å². The van der Waals surface area contributed by atoms with Crippen molar-refractivity contribution in [3.63, 3.8) is 0 Å². The van der Waals surface area contributed by atoms with Gasteiger partial charge in [-0.15, -0.1) is 0 Å². The molecule has 0 unspecified atom stereocenters. The number of aromatic nitrogens is 1. The van der Waals surface area contributed by atoms with Gasteiger partial charge in [-0.05, 0) is 43.2 Å². The maximum atomic E-state index is 13.4. The monoisotopic (exact) mass is 362 g/mol. The summed E-state index contributed by atoms with van der Waals surface area (Å²) in [6.07, 6.45) is 5.12. The minimum atomic E-state index is -0.976. The molecule has 2 aliphatic heterocycles. The Kier molecular flexibility index (Phi) is 5.64. The van der Waals surface area contributed by atoms with Crippen molar-refractivity contribution < 1.29 is 9.59 Å². The van der Waals surface area contributed by atoms with Crippen LogP contribution < -0.4 is 10.6 Å². The minimum absolute atomic E-state index is 0.0807. The quantitative estimate of drug-likeness (QED) is 0.757. The first-order valence-electron chi connectivity index (χ1n) is 8.92. The van der Waals surface area contributed by atoms with Crippen LogP contribution in [0.15, 0.2) is 24.5 Å². The number of piperidine rings is 1.